The molecule has 2 aromatic heterocycles. The third-order valence-electron chi connectivity index (χ3n) is 8.27. The predicted molar refractivity (Wildman–Crippen MR) is 172 cm³/mol. The molecule has 7 aromatic carbocycles. The van der Waals surface area contributed by atoms with Crippen molar-refractivity contribution in [2.24, 2.45) is 0 Å². The first-order valence-electron chi connectivity index (χ1n) is 13.6. The first-order chi connectivity index (χ1) is 19.8. The van der Waals surface area contributed by atoms with Gasteiger partial charge < -0.3 is 4.42 Å². The number of rotatable bonds is 2. The summed E-state index contributed by atoms with van der Waals surface area (Å²) in [5, 5.41) is 9.93. The Morgan fingerprint density at radius 1 is 0.450 bits per heavy atom. The fourth-order valence-electron chi connectivity index (χ4n) is 6.53. The molecule has 0 radical (unpaired) electrons. The van der Waals surface area contributed by atoms with Crippen LogP contribution in [0.25, 0.3) is 85.9 Å². The Labute approximate surface area is 234 Å². The molecular formula is C38H22OS. The van der Waals surface area contributed by atoms with Crippen LogP contribution in [0.15, 0.2) is 138 Å². The quantitative estimate of drug-likeness (QED) is 0.204. The van der Waals surface area contributed by atoms with Crippen LogP contribution in [0.3, 0.4) is 0 Å². The van der Waals surface area contributed by atoms with Crippen LogP contribution >= 0.6 is 11.3 Å². The molecule has 0 saturated heterocycles. The van der Waals surface area contributed by atoms with Gasteiger partial charge in [-0.25, -0.2) is 0 Å². The van der Waals surface area contributed by atoms with Gasteiger partial charge in [-0.15, -0.1) is 11.3 Å². The lowest BCUT2D eigenvalue weighted by atomic mass is 9.84. The van der Waals surface area contributed by atoms with E-state index in [1.54, 1.807) is 0 Å². The highest BCUT2D eigenvalue weighted by Gasteiger charge is 2.19. The van der Waals surface area contributed by atoms with E-state index in [2.05, 4.69) is 133 Å². The van der Waals surface area contributed by atoms with E-state index in [4.69, 9.17) is 4.42 Å². The number of furan rings is 1. The van der Waals surface area contributed by atoms with Gasteiger partial charge in [0, 0.05) is 15.5 Å². The molecule has 0 fully saturated rings. The molecule has 0 unspecified atom stereocenters. The van der Waals surface area contributed by atoms with E-state index >= 15 is 0 Å². The van der Waals surface area contributed by atoms with E-state index in [0.717, 1.165) is 11.2 Å². The van der Waals surface area contributed by atoms with Crippen molar-refractivity contribution in [3.8, 4) is 22.3 Å². The standard InChI is InChI=1S/C38H22OS/c1-2-12-25-23(10-1)11-9-18-26(25)36-29-15-5-3-13-27(29)35(28-14-4-6-16-30(28)36)24-20-21-31-33(22-24)39-37-32-17-7-8-19-34(32)40-38(31)37/h1-22H. The van der Waals surface area contributed by atoms with Crippen LogP contribution in [0.5, 0.6) is 0 Å². The van der Waals surface area contributed by atoms with E-state index < -0.39 is 0 Å². The van der Waals surface area contributed by atoms with Crippen LogP contribution in [0.4, 0.5) is 0 Å². The highest BCUT2D eigenvalue weighted by Crippen LogP contribution is 2.47. The minimum atomic E-state index is 0.941. The summed E-state index contributed by atoms with van der Waals surface area (Å²) in [5.74, 6) is 0. The molecule has 2 heterocycles. The van der Waals surface area contributed by atoms with Gasteiger partial charge in [-0.1, -0.05) is 109 Å². The molecule has 0 spiro atoms. The number of hydrogen-bond acceptors (Lipinski definition) is 2. The Morgan fingerprint density at radius 3 is 1.80 bits per heavy atom. The zero-order chi connectivity index (χ0) is 26.2. The number of thiophene rings is 1. The third kappa shape index (κ3) is 3.03. The lowest BCUT2D eigenvalue weighted by Crippen LogP contribution is -1.91. The Kier molecular flexibility index (Phi) is 4.55. The predicted octanol–water partition coefficient (Wildman–Crippen LogP) is 11.6. The average molecular weight is 527 g/mol. The normalized spacial score (nSPS) is 12.0. The zero-order valence-electron chi connectivity index (χ0n) is 21.5. The fraction of sp³-hybridized carbons (Fsp3) is 0. The minimum Gasteiger partial charge on any atom is -0.454 e. The van der Waals surface area contributed by atoms with Gasteiger partial charge in [0.05, 0.1) is 4.70 Å². The van der Waals surface area contributed by atoms with Crippen molar-refractivity contribution in [1.82, 2.24) is 0 Å². The van der Waals surface area contributed by atoms with Crippen LogP contribution in [0, 0.1) is 0 Å². The van der Waals surface area contributed by atoms with Gasteiger partial charge >= 0.3 is 0 Å². The van der Waals surface area contributed by atoms with E-state index in [0.29, 0.717) is 0 Å². The van der Waals surface area contributed by atoms with Gasteiger partial charge in [-0.2, -0.15) is 0 Å². The number of hydrogen-bond donors (Lipinski definition) is 0. The summed E-state index contributed by atoms with van der Waals surface area (Å²) in [6.07, 6.45) is 0. The van der Waals surface area contributed by atoms with Crippen molar-refractivity contribution >= 4 is 75.0 Å². The van der Waals surface area contributed by atoms with E-state index in [1.165, 1.54) is 74.7 Å². The summed E-state index contributed by atoms with van der Waals surface area (Å²) in [7, 11) is 0. The Morgan fingerprint density at radius 2 is 1.05 bits per heavy atom. The molecule has 0 N–H and O–H groups in total. The topological polar surface area (TPSA) is 13.1 Å². The van der Waals surface area contributed by atoms with Crippen molar-refractivity contribution in [2.45, 2.75) is 0 Å². The van der Waals surface area contributed by atoms with Gasteiger partial charge in [0.1, 0.15) is 5.58 Å². The van der Waals surface area contributed by atoms with Crippen molar-refractivity contribution < 1.29 is 4.42 Å². The summed E-state index contributed by atoms with van der Waals surface area (Å²) in [6.45, 7) is 0. The lowest BCUT2D eigenvalue weighted by molar-refractivity contribution is 0.673. The highest BCUT2D eigenvalue weighted by molar-refractivity contribution is 7.26. The van der Waals surface area contributed by atoms with E-state index in [-0.39, 0.29) is 0 Å². The molecule has 0 amide bonds. The van der Waals surface area contributed by atoms with Gasteiger partial charge in [0.15, 0.2) is 5.58 Å². The summed E-state index contributed by atoms with van der Waals surface area (Å²) in [4.78, 5) is 0. The lowest BCUT2D eigenvalue weighted by Gasteiger charge is -2.18. The first kappa shape index (κ1) is 22.0. The summed E-state index contributed by atoms with van der Waals surface area (Å²) >= 11 is 1.81. The molecular weight excluding hydrogens is 504 g/mol. The molecule has 0 aliphatic heterocycles. The molecule has 0 aliphatic carbocycles. The molecule has 9 rings (SSSR count). The second kappa shape index (κ2) is 8.29. The molecule has 2 heteroatoms. The summed E-state index contributed by atoms with van der Waals surface area (Å²) in [6, 6.07) is 48.3. The second-order valence-electron chi connectivity index (χ2n) is 10.4. The number of benzene rings is 7. The van der Waals surface area contributed by atoms with Crippen LogP contribution in [0.1, 0.15) is 0 Å². The largest absolute Gasteiger partial charge is 0.454 e. The van der Waals surface area contributed by atoms with Crippen LogP contribution in [-0.2, 0) is 0 Å². The molecule has 1 nitrogen and oxygen atoms in total. The third-order valence-corrected chi connectivity index (χ3v) is 9.45. The maximum Gasteiger partial charge on any atom is 0.154 e. The van der Waals surface area contributed by atoms with Crippen molar-refractivity contribution in [3.05, 3.63) is 133 Å². The molecule has 0 atom stereocenters. The Bertz CT molecular complexity index is 2380. The maximum atomic E-state index is 6.54. The highest BCUT2D eigenvalue weighted by atomic mass is 32.1. The summed E-state index contributed by atoms with van der Waals surface area (Å²) < 4.78 is 9.04. The molecule has 186 valence electrons. The second-order valence-corrected chi connectivity index (χ2v) is 11.5. The first-order valence-corrected chi connectivity index (χ1v) is 14.4. The summed E-state index contributed by atoms with van der Waals surface area (Å²) in [5.41, 5.74) is 6.92. The van der Waals surface area contributed by atoms with Crippen LogP contribution in [-0.4, -0.2) is 0 Å². The SMILES string of the molecule is c1ccc2c(-c3c4ccccc4c(-c4ccc5c(c4)oc4c6ccccc6sc54)c4ccccc34)cccc2c1. The van der Waals surface area contributed by atoms with Crippen molar-refractivity contribution in [3.63, 3.8) is 0 Å². The van der Waals surface area contributed by atoms with Crippen LogP contribution in [0.2, 0.25) is 0 Å². The van der Waals surface area contributed by atoms with Crippen LogP contribution < -0.4 is 0 Å². The van der Waals surface area contributed by atoms with Crippen molar-refractivity contribution in [1.29, 1.82) is 0 Å². The maximum absolute atomic E-state index is 6.54. The van der Waals surface area contributed by atoms with Gasteiger partial charge in [-0.05, 0) is 78.8 Å². The monoisotopic (exact) mass is 526 g/mol. The minimum absolute atomic E-state index is 0.941. The smallest absolute Gasteiger partial charge is 0.154 e. The molecule has 0 aliphatic rings. The van der Waals surface area contributed by atoms with Crippen molar-refractivity contribution in [2.75, 3.05) is 0 Å². The molecule has 0 saturated carbocycles. The Hall–Kier alpha value is -4.92. The molecule has 0 bridgehead atoms. The van der Waals surface area contributed by atoms with E-state index in [9.17, 15) is 0 Å². The fourth-order valence-corrected chi connectivity index (χ4v) is 7.69. The van der Waals surface area contributed by atoms with E-state index in [1.807, 2.05) is 11.3 Å². The Balaban J connectivity index is 1.38. The number of fused-ring (bicyclic) bond motifs is 8. The average Bonchev–Trinajstić information content (AvgIpc) is 3.55. The molecule has 40 heavy (non-hydrogen) atoms. The zero-order valence-corrected chi connectivity index (χ0v) is 22.3. The van der Waals surface area contributed by atoms with Gasteiger partial charge in [0.25, 0.3) is 0 Å². The van der Waals surface area contributed by atoms with Gasteiger partial charge in [-0.3, -0.25) is 0 Å². The molecule has 9 aromatic rings. The van der Waals surface area contributed by atoms with Gasteiger partial charge in [0.2, 0.25) is 0 Å².